The Hall–Kier alpha value is -19.1. The second-order valence-electron chi connectivity index (χ2n) is 37.5. The lowest BCUT2D eigenvalue weighted by Crippen LogP contribution is -2.03. The molecular formula is C130H71N9O4S2. The first-order chi connectivity index (χ1) is 71.9. The third-order valence-corrected chi connectivity index (χ3v) is 32.2. The SMILES string of the molecule is c1ccc2c(c1)ccc1oc3c(-c4nc(-n5c6ccc7ccccc7c6c6c7sc8ccccc8c7ccc65)nc5ccccc45)cccc3c12.c1ccc2c(c1)ccc1oc3c(-c4nc(-n5c6ccccc6c6c7oc8ccccc8c7ccc65)nc5ccccc45)cccc3c12.c1ccc2c(c1)ccc1oc3c(-c4nc(-n5c6ccccc6c6c7sc8ccccc8c7ccc65)nc5ccccc45)cccc3c12. The molecule has 12 aromatic heterocycles. The van der Waals surface area contributed by atoms with Crippen molar-refractivity contribution in [3.05, 3.63) is 431 Å². The van der Waals surface area contributed by atoms with Crippen molar-refractivity contribution in [1.82, 2.24) is 43.6 Å². The molecule has 34 rings (SSSR count). The number of rotatable bonds is 6. The Balaban J connectivity index is 0.0000000972. The molecule has 0 saturated carbocycles. The van der Waals surface area contributed by atoms with E-state index in [9.17, 15) is 0 Å². The van der Waals surface area contributed by atoms with Crippen molar-refractivity contribution in [3.8, 4) is 51.6 Å². The molecule has 12 heterocycles. The summed E-state index contributed by atoms with van der Waals surface area (Å²) in [5, 5.41) is 33.5. The number of para-hydroxylation sites is 9. The van der Waals surface area contributed by atoms with E-state index in [1.54, 1.807) is 0 Å². The van der Waals surface area contributed by atoms with Crippen LogP contribution in [0.4, 0.5) is 0 Å². The number of aromatic nitrogens is 9. The number of benzene rings is 22. The number of hydrogen-bond acceptors (Lipinski definition) is 12. The van der Waals surface area contributed by atoms with Gasteiger partial charge < -0.3 is 17.7 Å². The lowest BCUT2D eigenvalue weighted by atomic mass is 10.0. The van der Waals surface area contributed by atoms with Gasteiger partial charge >= 0.3 is 0 Å². The minimum atomic E-state index is 0.596. The van der Waals surface area contributed by atoms with Crippen LogP contribution in [0.2, 0.25) is 0 Å². The minimum absolute atomic E-state index is 0.596. The van der Waals surface area contributed by atoms with Gasteiger partial charge in [-0.15, -0.1) is 22.7 Å². The lowest BCUT2D eigenvalue weighted by Gasteiger charge is -2.12. The number of fused-ring (bicyclic) bond motifs is 41. The van der Waals surface area contributed by atoms with E-state index in [-0.39, 0.29) is 0 Å². The summed E-state index contributed by atoms with van der Waals surface area (Å²) in [5.41, 5.74) is 21.2. The van der Waals surface area contributed by atoms with Crippen LogP contribution in [0.15, 0.2) is 448 Å². The standard InChI is InChI=1S/C46H25N3OS.C42H23N3O2.C42H23N3OS/c1-3-12-28-27(11-1)21-25-38-40(28)33-16-9-17-34(44(33)50-38)43-32-15-5-7-18-35(32)47-46(48-43)49-36-23-20-26-10-2-4-13-29(26)41(36)42-37(49)24-22-31-30-14-6-8-19-39(30)51-45(31)42;1-2-11-25-24(10-1)20-23-36-37(25)30-15-9-16-31(40(30)47-36)39-28-13-3-6-17-32(28)43-42(44-39)45-33-18-7-4-14-29(33)38-34(45)22-21-27-26-12-5-8-19-35(26)46-41(27)38;1-2-11-25-24(10-1)20-23-35-37(25)30-15-9-16-31(40(30)46-35)39-28-13-3-6-17-32(28)43-42(44-39)45-33-18-7-4-14-29(33)38-34(45)22-21-27-26-12-5-8-19-36(26)47-41(27)38/h1-25H;2*1-23H. The van der Waals surface area contributed by atoms with Crippen LogP contribution in [0.3, 0.4) is 0 Å². The van der Waals surface area contributed by atoms with Crippen LogP contribution >= 0.6 is 22.7 Å². The lowest BCUT2D eigenvalue weighted by molar-refractivity contribution is 0.669. The summed E-state index contributed by atoms with van der Waals surface area (Å²) >= 11 is 3.72. The van der Waals surface area contributed by atoms with Gasteiger partial charge in [-0.2, -0.15) is 0 Å². The highest BCUT2D eigenvalue weighted by molar-refractivity contribution is 7.27. The van der Waals surface area contributed by atoms with Gasteiger partial charge in [0.05, 0.1) is 72.1 Å². The van der Waals surface area contributed by atoms with Gasteiger partial charge in [-0.05, 0) is 158 Å². The second kappa shape index (κ2) is 30.7. The van der Waals surface area contributed by atoms with Crippen molar-refractivity contribution in [2.45, 2.75) is 0 Å². The second-order valence-corrected chi connectivity index (χ2v) is 39.6. The maximum atomic E-state index is 6.73. The molecule has 34 aromatic rings. The zero-order chi connectivity index (χ0) is 94.5. The van der Waals surface area contributed by atoms with E-state index in [1.165, 1.54) is 105 Å². The van der Waals surface area contributed by atoms with Crippen LogP contribution in [-0.2, 0) is 0 Å². The Kier molecular flexibility index (Phi) is 16.9. The molecule has 13 nitrogen and oxygen atoms in total. The van der Waals surface area contributed by atoms with Gasteiger partial charge in [-0.25, -0.2) is 29.9 Å². The molecule has 0 N–H and O–H groups in total. The van der Waals surface area contributed by atoms with Gasteiger partial charge in [-0.1, -0.05) is 315 Å². The third-order valence-electron chi connectivity index (χ3n) is 29.8. The molecule has 0 aliphatic carbocycles. The van der Waals surface area contributed by atoms with E-state index in [0.717, 1.165) is 198 Å². The van der Waals surface area contributed by atoms with Gasteiger partial charge in [0.2, 0.25) is 17.8 Å². The van der Waals surface area contributed by atoms with Crippen LogP contribution in [0.1, 0.15) is 0 Å². The Bertz CT molecular complexity index is 11300. The van der Waals surface area contributed by atoms with Gasteiger partial charge in [0, 0.05) is 143 Å². The van der Waals surface area contributed by atoms with E-state index in [4.69, 9.17) is 47.6 Å². The van der Waals surface area contributed by atoms with E-state index >= 15 is 0 Å². The average molecular weight is 1890 g/mol. The Morgan fingerprint density at radius 2 is 0.469 bits per heavy atom. The molecule has 0 spiro atoms. The fourth-order valence-electron chi connectivity index (χ4n) is 23.5. The Morgan fingerprint density at radius 1 is 0.166 bits per heavy atom. The van der Waals surface area contributed by atoms with Crippen LogP contribution in [0.25, 0.3) is 321 Å². The number of hydrogen-bond donors (Lipinski definition) is 0. The molecular weight excluding hydrogens is 1820 g/mol. The summed E-state index contributed by atoms with van der Waals surface area (Å²) in [5.74, 6) is 1.88. The van der Waals surface area contributed by atoms with Crippen molar-refractivity contribution in [2.24, 2.45) is 0 Å². The number of furan rings is 4. The van der Waals surface area contributed by atoms with E-state index < -0.39 is 0 Å². The zero-order valence-electron chi connectivity index (χ0n) is 77.0. The molecule has 0 unspecified atom stereocenters. The van der Waals surface area contributed by atoms with Gasteiger partial charge in [0.15, 0.2) is 0 Å². The summed E-state index contributed by atoms with van der Waals surface area (Å²) in [7, 11) is 0. The fourth-order valence-corrected chi connectivity index (χ4v) is 26.0. The minimum Gasteiger partial charge on any atom is -0.455 e. The van der Waals surface area contributed by atoms with Gasteiger partial charge in [-0.3, -0.25) is 13.7 Å². The van der Waals surface area contributed by atoms with Gasteiger partial charge in [0.25, 0.3) is 0 Å². The molecule has 0 atom stereocenters. The Morgan fingerprint density at radius 3 is 0.917 bits per heavy atom. The number of nitrogens with zero attached hydrogens (tertiary/aromatic N) is 9. The summed E-state index contributed by atoms with van der Waals surface area (Å²) in [6, 6.07) is 151. The molecule has 0 aliphatic rings. The molecule has 15 heteroatoms. The first kappa shape index (κ1) is 79.8. The van der Waals surface area contributed by atoms with Gasteiger partial charge in [0.1, 0.15) is 44.7 Å². The van der Waals surface area contributed by atoms with Crippen molar-refractivity contribution >= 4 is 292 Å². The highest BCUT2D eigenvalue weighted by Crippen LogP contribution is 2.52. The first-order valence-corrected chi connectivity index (χ1v) is 50.3. The summed E-state index contributed by atoms with van der Waals surface area (Å²) in [4.78, 5) is 32.0. The van der Waals surface area contributed by atoms with Crippen LogP contribution in [0.5, 0.6) is 0 Å². The van der Waals surface area contributed by atoms with E-state index in [0.29, 0.717) is 17.8 Å². The van der Waals surface area contributed by atoms with Crippen LogP contribution < -0.4 is 0 Å². The average Bonchev–Trinajstić information content (AvgIpc) is 1.54. The molecule has 672 valence electrons. The maximum Gasteiger partial charge on any atom is 0.235 e. The normalized spacial score (nSPS) is 12.3. The smallest absolute Gasteiger partial charge is 0.235 e. The fraction of sp³-hybridized carbons (Fsp3) is 0. The predicted molar refractivity (Wildman–Crippen MR) is 603 cm³/mol. The zero-order valence-corrected chi connectivity index (χ0v) is 78.6. The molecule has 145 heavy (non-hydrogen) atoms. The monoisotopic (exact) mass is 1890 g/mol. The van der Waals surface area contributed by atoms with Crippen LogP contribution in [0, 0.1) is 0 Å². The van der Waals surface area contributed by atoms with E-state index in [2.05, 4.69) is 414 Å². The molecule has 0 amide bonds. The maximum absolute atomic E-state index is 6.73. The van der Waals surface area contributed by atoms with Crippen LogP contribution in [-0.4, -0.2) is 43.6 Å². The van der Waals surface area contributed by atoms with Crippen molar-refractivity contribution in [1.29, 1.82) is 0 Å². The first-order valence-electron chi connectivity index (χ1n) is 48.7. The quantitative estimate of drug-likeness (QED) is 0.158. The molecule has 22 aromatic carbocycles. The summed E-state index contributed by atoms with van der Waals surface area (Å²) in [6.45, 7) is 0. The third kappa shape index (κ3) is 11.7. The summed E-state index contributed by atoms with van der Waals surface area (Å²) < 4.78 is 38.4. The molecule has 0 radical (unpaired) electrons. The van der Waals surface area contributed by atoms with Crippen molar-refractivity contribution in [2.75, 3.05) is 0 Å². The number of thiophene rings is 2. The molecule has 0 fully saturated rings. The van der Waals surface area contributed by atoms with Crippen molar-refractivity contribution < 1.29 is 17.7 Å². The molecule has 0 saturated heterocycles. The molecule has 0 bridgehead atoms. The predicted octanol–water partition coefficient (Wildman–Crippen LogP) is 36.1. The largest absolute Gasteiger partial charge is 0.455 e. The highest BCUT2D eigenvalue weighted by Gasteiger charge is 2.30. The Labute approximate surface area is 829 Å². The van der Waals surface area contributed by atoms with E-state index in [1.807, 2.05) is 53.0 Å². The summed E-state index contributed by atoms with van der Waals surface area (Å²) in [6.07, 6.45) is 0. The highest BCUT2D eigenvalue weighted by atomic mass is 32.1. The van der Waals surface area contributed by atoms with Crippen molar-refractivity contribution in [3.63, 3.8) is 0 Å². The topological polar surface area (TPSA) is 145 Å². The molecule has 0 aliphatic heterocycles.